The Labute approximate surface area is 65.0 Å². The van der Waals surface area contributed by atoms with Gasteiger partial charge in [-0.05, 0) is 13.8 Å². The highest BCUT2D eigenvalue weighted by Gasteiger charge is 2.04. The van der Waals surface area contributed by atoms with Crippen LogP contribution >= 0.6 is 0 Å². The first-order valence-electron chi connectivity index (χ1n) is 3.55. The lowest BCUT2D eigenvalue weighted by atomic mass is 10.3. The van der Waals surface area contributed by atoms with Gasteiger partial charge >= 0.3 is 0 Å². The molecule has 62 valence electrons. The van der Waals surface area contributed by atoms with E-state index in [1.165, 1.54) is 0 Å². The third kappa shape index (κ3) is 1.55. The maximum atomic E-state index is 8.40. The van der Waals surface area contributed by atoms with Gasteiger partial charge in [0, 0.05) is 6.54 Å². The van der Waals surface area contributed by atoms with Crippen molar-refractivity contribution in [3.05, 3.63) is 11.4 Å². The van der Waals surface area contributed by atoms with E-state index in [-0.39, 0.29) is 0 Å². The van der Waals surface area contributed by atoms with Crippen LogP contribution in [0.5, 0.6) is 0 Å². The smallest absolute Gasteiger partial charge is 0.102 e. The molecule has 2 N–H and O–H groups in total. The lowest BCUT2D eigenvalue weighted by Crippen LogP contribution is -2.08. The lowest BCUT2D eigenvalue weighted by molar-refractivity contribution is 0.159. The van der Waals surface area contributed by atoms with Crippen LogP contribution < -0.4 is 5.48 Å². The number of nitrogens with zero attached hydrogens (tertiary/aromatic N) is 3. The van der Waals surface area contributed by atoms with Gasteiger partial charge in [0.05, 0.1) is 12.2 Å². The van der Waals surface area contributed by atoms with E-state index < -0.39 is 0 Å². The van der Waals surface area contributed by atoms with E-state index in [0.29, 0.717) is 6.54 Å². The molecule has 0 amide bonds. The number of hydroxylamine groups is 1. The summed E-state index contributed by atoms with van der Waals surface area (Å²) in [6, 6.07) is 0. The molecule has 11 heavy (non-hydrogen) atoms. The maximum Gasteiger partial charge on any atom is 0.102 e. The van der Waals surface area contributed by atoms with Crippen LogP contribution in [0.15, 0.2) is 0 Å². The molecule has 0 aliphatic heterocycles. The predicted octanol–water partition coefficient (Wildman–Crippen LogP) is 0.0852. The van der Waals surface area contributed by atoms with E-state index in [9.17, 15) is 0 Å². The summed E-state index contributed by atoms with van der Waals surface area (Å²) in [6.07, 6.45) is 0. The molecular formula is C6H12N4O. The molecule has 1 aromatic heterocycles. The molecule has 0 saturated heterocycles. The molecule has 0 unspecified atom stereocenters. The molecule has 0 radical (unpaired) electrons. The summed E-state index contributed by atoms with van der Waals surface area (Å²) in [4.78, 5) is 0. The molecule has 0 bridgehead atoms. The lowest BCUT2D eigenvalue weighted by Gasteiger charge is -1.97. The molecule has 1 rings (SSSR count). The van der Waals surface area contributed by atoms with E-state index in [2.05, 4.69) is 10.3 Å². The van der Waals surface area contributed by atoms with Crippen molar-refractivity contribution in [1.82, 2.24) is 20.5 Å². The van der Waals surface area contributed by atoms with Crippen molar-refractivity contribution in [1.29, 1.82) is 0 Å². The van der Waals surface area contributed by atoms with E-state index >= 15 is 0 Å². The van der Waals surface area contributed by atoms with Gasteiger partial charge < -0.3 is 5.21 Å². The molecule has 0 aliphatic rings. The van der Waals surface area contributed by atoms with Crippen LogP contribution in [0.4, 0.5) is 0 Å². The Morgan fingerprint density at radius 1 is 1.64 bits per heavy atom. The maximum absolute atomic E-state index is 8.40. The zero-order chi connectivity index (χ0) is 8.27. The number of rotatable bonds is 3. The second kappa shape index (κ2) is 3.45. The van der Waals surface area contributed by atoms with Gasteiger partial charge in [-0.2, -0.15) is 5.48 Å². The van der Waals surface area contributed by atoms with Gasteiger partial charge in [0.15, 0.2) is 0 Å². The van der Waals surface area contributed by atoms with Crippen LogP contribution in [0.1, 0.15) is 18.3 Å². The van der Waals surface area contributed by atoms with Crippen LogP contribution in [0.25, 0.3) is 0 Å². The van der Waals surface area contributed by atoms with E-state index in [1.54, 1.807) is 4.68 Å². The average Bonchev–Trinajstić information content (AvgIpc) is 2.34. The molecular weight excluding hydrogens is 144 g/mol. The van der Waals surface area contributed by atoms with Crippen LogP contribution in [0.3, 0.4) is 0 Å². The van der Waals surface area contributed by atoms with Crippen molar-refractivity contribution in [3.63, 3.8) is 0 Å². The molecule has 0 fully saturated rings. The molecule has 1 aromatic rings. The van der Waals surface area contributed by atoms with Gasteiger partial charge in [-0.25, -0.2) is 4.68 Å². The molecule has 0 saturated carbocycles. The quantitative estimate of drug-likeness (QED) is 0.608. The number of hydrogen-bond donors (Lipinski definition) is 2. The van der Waals surface area contributed by atoms with Crippen LogP contribution in [0, 0.1) is 6.92 Å². The van der Waals surface area contributed by atoms with Crippen molar-refractivity contribution in [2.75, 3.05) is 0 Å². The molecule has 5 heteroatoms. The van der Waals surface area contributed by atoms with Crippen molar-refractivity contribution in [2.45, 2.75) is 26.9 Å². The largest absolute Gasteiger partial charge is 0.316 e. The van der Waals surface area contributed by atoms with Crippen LogP contribution in [-0.4, -0.2) is 20.2 Å². The van der Waals surface area contributed by atoms with Crippen LogP contribution in [0.2, 0.25) is 0 Å². The number of aromatic nitrogens is 3. The zero-order valence-electron chi connectivity index (χ0n) is 6.70. The van der Waals surface area contributed by atoms with Crippen LogP contribution in [-0.2, 0) is 13.1 Å². The summed E-state index contributed by atoms with van der Waals surface area (Å²) in [7, 11) is 0. The minimum absolute atomic E-state index is 0.353. The van der Waals surface area contributed by atoms with Gasteiger partial charge in [0.2, 0.25) is 0 Å². The normalized spacial score (nSPS) is 10.5. The second-order valence-corrected chi connectivity index (χ2v) is 2.27. The molecule has 0 atom stereocenters. The summed E-state index contributed by atoms with van der Waals surface area (Å²) < 4.78 is 1.78. The highest BCUT2D eigenvalue weighted by Crippen LogP contribution is 2.01. The van der Waals surface area contributed by atoms with Gasteiger partial charge in [-0.15, -0.1) is 5.10 Å². The summed E-state index contributed by atoms with van der Waals surface area (Å²) in [5.74, 6) is 0. The number of hydrogen-bond acceptors (Lipinski definition) is 4. The van der Waals surface area contributed by atoms with Crippen molar-refractivity contribution < 1.29 is 5.21 Å². The summed E-state index contributed by atoms with van der Waals surface area (Å²) in [6.45, 7) is 5.09. The minimum atomic E-state index is 0.353. The first-order chi connectivity index (χ1) is 5.29. The monoisotopic (exact) mass is 156 g/mol. The first-order valence-corrected chi connectivity index (χ1v) is 3.55. The third-order valence-corrected chi connectivity index (χ3v) is 1.62. The molecule has 0 aliphatic carbocycles. The fourth-order valence-electron chi connectivity index (χ4n) is 0.935. The third-order valence-electron chi connectivity index (χ3n) is 1.62. The minimum Gasteiger partial charge on any atom is -0.316 e. The molecule has 0 spiro atoms. The average molecular weight is 156 g/mol. The summed E-state index contributed by atoms with van der Waals surface area (Å²) in [5.41, 5.74) is 3.83. The Morgan fingerprint density at radius 3 is 2.82 bits per heavy atom. The molecule has 5 nitrogen and oxygen atoms in total. The number of aryl methyl sites for hydroxylation is 1. The topological polar surface area (TPSA) is 63.0 Å². The standard InChI is InChI=1S/C6H12N4O/c1-3-10-5(2)6(4-7-11)8-9-10/h7,11H,3-4H2,1-2H3. The number of nitrogens with one attached hydrogen (secondary N) is 1. The van der Waals surface area contributed by atoms with Gasteiger partial charge in [0.1, 0.15) is 5.69 Å². The van der Waals surface area contributed by atoms with Gasteiger partial charge in [-0.1, -0.05) is 5.21 Å². The Bertz CT molecular complexity index is 232. The van der Waals surface area contributed by atoms with E-state index in [0.717, 1.165) is 17.9 Å². The fraction of sp³-hybridized carbons (Fsp3) is 0.667. The zero-order valence-corrected chi connectivity index (χ0v) is 6.70. The van der Waals surface area contributed by atoms with Crippen molar-refractivity contribution >= 4 is 0 Å². The fourth-order valence-corrected chi connectivity index (χ4v) is 0.935. The second-order valence-electron chi connectivity index (χ2n) is 2.27. The summed E-state index contributed by atoms with van der Waals surface area (Å²) in [5, 5.41) is 16.1. The first kappa shape index (κ1) is 8.16. The predicted molar refractivity (Wildman–Crippen MR) is 39.1 cm³/mol. The SMILES string of the molecule is CCn1nnc(CNO)c1C. The molecule has 1 heterocycles. The Kier molecular flexibility index (Phi) is 2.56. The van der Waals surface area contributed by atoms with Gasteiger partial charge in [-0.3, -0.25) is 0 Å². The van der Waals surface area contributed by atoms with Crippen molar-refractivity contribution in [3.8, 4) is 0 Å². The van der Waals surface area contributed by atoms with Gasteiger partial charge in [0.25, 0.3) is 0 Å². The Balaban J connectivity index is 2.82. The van der Waals surface area contributed by atoms with Crippen molar-refractivity contribution in [2.24, 2.45) is 0 Å². The summed E-state index contributed by atoms with van der Waals surface area (Å²) >= 11 is 0. The highest BCUT2D eigenvalue weighted by atomic mass is 16.5. The van der Waals surface area contributed by atoms with E-state index in [1.807, 2.05) is 19.3 Å². The molecule has 0 aromatic carbocycles. The highest BCUT2D eigenvalue weighted by molar-refractivity contribution is 5.06. The van der Waals surface area contributed by atoms with E-state index in [4.69, 9.17) is 5.21 Å². The Hall–Kier alpha value is -0.940. The Morgan fingerprint density at radius 2 is 2.36 bits per heavy atom.